The minimum atomic E-state index is -0.476. The number of nitrogens with two attached hydrogens (primary N) is 1. The molecule has 9 nitrogen and oxygen atoms in total. The van der Waals surface area contributed by atoms with E-state index in [2.05, 4.69) is 12.1 Å². The van der Waals surface area contributed by atoms with Crippen LogP contribution in [0, 0.1) is 34.0 Å². The molecule has 0 unspecified atom stereocenters. The third-order valence-electron chi connectivity index (χ3n) is 6.95. The molecule has 2 aliphatic heterocycles. The van der Waals surface area contributed by atoms with Crippen molar-refractivity contribution in [1.29, 1.82) is 10.5 Å². The highest BCUT2D eigenvalue weighted by Gasteiger charge is 2.35. The molecule has 2 aromatic carbocycles. The fourth-order valence-electron chi connectivity index (χ4n) is 4.29. The molecular formula is C29H35N5O4. The van der Waals surface area contributed by atoms with Crippen molar-refractivity contribution < 1.29 is 19.1 Å². The second-order valence-corrected chi connectivity index (χ2v) is 9.55. The van der Waals surface area contributed by atoms with Gasteiger partial charge < -0.3 is 25.0 Å². The Kier molecular flexibility index (Phi) is 11.0. The average molecular weight is 518 g/mol. The first-order valence-corrected chi connectivity index (χ1v) is 12.9. The molecule has 2 aromatic rings. The van der Waals surface area contributed by atoms with E-state index in [4.69, 9.17) is 25.7 Å². The number of ether oxygens (including phenoxy) is 2. The van der Waals surface area contributed by atoms with E-state index in [0.29, 0.717) is 52.2 Å². The van der Waals surface area contributed by atoms with Crippen molar-refractivity contribution in [2.45, 2.75) is 38.9 Å². The summed E-state index contributed by atoms with van der Waals surface area (Å²) in [7, 11) is 0. The van der Waals surface area contributed by atoms with E-state index in [-0.39, 0.29) is 24.7 Å². The fourth-order valence-corrected chi connectivity index (χ4v) is 4.29. The molecule has 2 amide bonds. The summed E-state index contributed by atoms with van der Waals surface area (Å²) in [5.41, 5.74) is 7.12. The maximum atomic E-state index is 11.9. The van der Waals surface area contributed by atoms with Gasteiger partial charge in [0.2, 0.25) is 0 Å². The lowest BCUT2D eigenvalue weighted by atomic mass is 9.80. The van der Waals surface area contributed by atoms with Crippen LogP contribution in [-0.4, -0.2) is 54.7 Å². The van der Waals surface area contributed by atoms with Gasteiger partial charge in [0.25, 0.3) is 0 Å². The van der Waals surface area contributed by atoms with Crippen LogP contribution in [0.1, 0.15) is 36.8 Å². The number of carbonyl (C=O) groups is 2. The zero-order valence-electron chi connectivity index (χ0n) is 21.6. The van der Waals surface area contributed by atoms with E-state index >= 15 is 0 Å². The molecule has 0 bridgehead atoms. The van der Waals surface area contributed by atoms with Gasteiger partial charge in [-0.3, -0.25) is 0 Å². The quantitative estimate of drug-likeness (QED) is 0.620. The van der Waals surface area contributed by atoms with Gasteiger partial charge in [0.1, 0.15) is 13.2 Å². The molecular weight excluding hydrogens is 482 g/mol. The highest BCUT2D eigenvalue weighted by molar-refractivity contribution is 5.68. The highest BCUT2D eigenvalue weighted by Crippen LogP contribution is 2.29. The Labute approximate surface area is 224 Å². The van der Waals surface area contributed by atoms with E-state index in [0.717, 1.165) is 24.0 Å². The number of likely N-dealkylation sites (tertiary alicyclic amines) is 2. The summed E-state index contributed by atoms with van der Waals surface area (Å²) in [4.78, 5) is 27.1. The predicted octanol–water partition coefficient (Wildman–Crippen LogP) is 4.45. The predicted molar refractivity (Wildman–Crippen MR) is 141 cm³/mol. The minimum Gasteiger partial charge on any atom is -0.445 e. The first-order chi connectivity index (χ1) is 18.5. The number of nitrogens with zero attached hydrogens (tertiary/aromatic N) is 4. The van der Waals surface area contributed by atoms with Gasteiger partial charge in [-0.1, -0.05) is 60.7 Å². The number of rotatable bonds is 5. The smallest absolute Gasteiger partial charge is 0.410 e. The molecule has 2 fully saturated rings. The molecule has 0 aliphatic carbocycles. The van der Waals surface area contributed by atoms with Gasteiger partial charge in [0, 0.05) is 38.6 Å². The molecule has 4 rings (SSSR count). The summed E-state index contributed by atoms with van der Waals surface area (Å²) in [6.45, 7) is 3.21. The Balaban J connectivity index is 0.000000212. The molecule has 0 radical (unpaired) electrons. The van der Waals surface area contributed by atoms with Crippen molar-refractivity contribution in [2.75, 3.05) is 32.7 Å². The summed E-state index contributed by atoms with van der Waals surface area (Å²) in [6.07, 6.45) is 2.11. The Morgan fingerprint density at radius 1 is 0.816 bits per heavy atom. The first-order valence-electron chi connectivity index (χ1n) is 12.9. The third-order valence-corrected chi connectivity index (χ3v) is 6.95. The van der Waals surface area contributed by atoms with Crippen LogP contribution in [0.5, 0.6) is 0 Å². The average Bonchev–Trinajstić information content (AvgIpc) is 3.00. The van der Waals surface area contributed by atoms with Crippen molar-refractivity contribution >= 4 is 12.2 Å². The monoisotopic (exact) mass is 517 g/mol. The third kappa shape index (κ3) is 8.50. The molecule has 200 valence electrons. The molecule has 9 heteroatoms. The van der Waals surface area contributed by atoms with Crippen molar-refractivity contribution in [3.05, 3.63) is 71.8 Å². The van der Waals surface area contributed by atoms with Crippen LogP contribution in [0.25, 0.3) is 0 Å². The minimum absolute atomic E-state index is 0.0863. The SMILES string of the molecule is N#CC1(CN)CCN(C(=O)OCc2ccccc2)CC1.N#CC1CCN(C(=O)OCc2ccccc2)CC1. The van der Waals surface area contributed by atoms with Crippen LogP contribution in [0.3, 0.4) is 0 Å². The van der Waals surface area contributed by atoms with Crippen LogP contribution in [0.4, 0.5) is 9.59 Å². The number of benzene rings is 2. The van der Waals surface area contributed by atoms with Gasteiger partial charge in [-0.25, -0.2) is 9.59 Å². The summed E-state index contributed by atoms with van der Waals surface area (Å²) in [6, 6.07) is 23.7. The number of amides is 2. The van der Waals surface area contributed by atoms with Gasteiger partial charge in [-0.2, -0.15) is 10.5 Å². The standard InChI is InChI=1S/C15H19N3O2.C14H16N2O2/c16-11-15(12-17)6-8-18(9-7-15)14(19)20-10-13-4-2-1-3-5-13;15-10-12-6-8-16(9-7-12)14(17)18-11-13-4-2-1-3-5-13/h1-5H,6-11,16H2;1-5,12H,6-9,11H2. The molecule has 0 aromatic heterocycles. The second kappa shape index (κ2) is 14.6. The van der Waals surface area contributed by atoms with Crippen LogP contribution in [0.2, 0.25) is 0 Å². The zero-order chi connectivity index (χ0) is 27.2. The van der Waals surface area contributed by atoms with Crippen molar-refractivity contribution in [2.24, 2.45) is 17.1 Å². The lowest BCUT2D eigenvalue weighted by molar-refractivity contribution is 0.0749. The molecule has 38 heavy (non-hydrogen) atoms. The molecule has 0 spiro atoms. The maximum Gasteiger partial charge on any atom is 0.410 e. The van der Waals surface area contributed by atoms with Crippen LogP contribution >= 0.6 is 0 Å². The molecule has 2 aliphatic rings. The fraction of sp³-hybridized carbons (Fsp3) is 0.448. The van der Waals surface area contributed by atoms with E-state index < -0.39 is 5.41 Å². The Bertz CT molecular complexity index is 1100. The molecule has 2 saturated heterocycles. The Morgan fingerprint density at radius 3 is 1.66 bits per heavy atom. The van der Waals surface area contributed by atoms with Gasteiger partial charge in [-0.15, -0.1) is 0 Å². The van der Waals surface area contributed by atoms with Crippen molar-refractivity contribution in [1.82, 2.24) is 9.80 Å². The van der Waals surface area contributed by atoms with E-state index in [1.54, 1.807) is 9.80 Å². The maximum absolute atomic E-state index is 11.9. The number of carbonyl (C=O) groups excluding carboxylic acids is 2. The Hall–Kier alpha value is -4.08. The summed E-state index contributed by atoms with van der Waals surface area (Å²) >= 11 is 0. The number of hydrogen-bond donors (Lipinski definition) is 1. The summed E-state index contributed by atoms with van der Waals surface area (Å²) in [5.74, 6) is 0.0863. The normalized spacial score (nSPS) is 16.7. The summed E-state index contributed by atoms with van der Waals surface area (Å²) in [5, 5.41) is 17.9. The second-order valence-electron chi connectivity index (χ2n) is 9.55. The molecule has 0 atom stereocenters. The zero-order valence-corrected chi connectivity index (χ0v) is 21.6. The molecule has 0 saturated carbocycles. The number of nitriles is 2. The largest absolute Gasteiger partial charge is 0.445 e. The highest BCUT2D eigenvalue weighted by atomic mass is 16.6. The number of piperidine rings is 2. The lowest BCUT2D eigenvalue weighted by Crippen LogP contribution is -2.45. The van der Waals surface area contributed by atoms with Gasteiger partial charge in [0.05, 0.1) is 17.6 Å². The van der Waals surface area contributed by atoms with Crippen molar-refractivity contribution in [3.8, 4) is 12.1 Å². The van der Waals surface area contributed by atoms with Gasteiger partial charge in [0.15, 0.2) is 0 Å². The topological polar surface area (TPSA) is 133 Å². The lowest BCUT2D eigenvalue weighted by Gasteiger charge is -2.35. The van der Waals surface area contributed by atoms with Gasteiger partial charge >= 0.3 is 12.2 Å². The van der Waals surface area contributed by atoms with Crippen LogP contribution in [-0.2, 0) is 22.7 Å². The van der Waals surface area contributed by atoms with Gasteiger partial charge in [-0.05, 0) is 36.8 Å². The molecule has 2 N–H and O–H groups in total. The molecule has 2 heterocycles. The number of hydrogen-bond acceptors (Lipinski definition) is 7. The Morgan fingerprint density at radius 2 is 1.26 bits per heavy atom. The first kappa shape index (κ1) is 28.5. The van der Waals surface area contributed by atoms with Crippen LogP contribution in [0.15, 0.2) is 60.7 Å². The van der Waals surface area contributed by atoms with Crippen molar-refractivity contribution in [3.63, 3.8) is 0 Å². The summed E-state index contributed by atoms with van der Waals surface area (Å²) < 4.78 is 10.5. The van der Waals surface area contributed by atoms with E-state index in [1.165, 1.54) is 0 Å². The van der Waals surface area contributed by atoms with E-state index in [1.807, 2.05) is 60.7 Å². The van der Waals surface area contributed by atoms with E-state index in [9.17, 15) is 9.59 Å². The van der Waals surface area contributed by atoms with Crippen LogP contribution < -0.4 is 5.73 Å².